The van der Waals surface area contributed by atoms with Crippen LogP contribution < -0.4 is 5.32 Å². The Bertz CT molecular complexity index is 216. The normalized spacial score (nSPS) is 33.2. The Kier molecular flexibility index (Phi) is 2.64. The first kappa shape index (κ1) is 11.8. The van der Waals surface area contributed by atoms with Crippen LogP contribution in [0.4, 0.5) is 13.2 Å². The van der Waals surface area contributed by atoms with E-state index in [1.54, 1.807) is 0 Å². The van der Waals surface area contributed by atoms with Crippen molar-refractivity contribution in [3.8, 4) is 0 Å². The second kappa shape index (κ2) is 3.12. The van der Waals surface area contributed by atoms with E-state index < -0.39 is 11.6 Å². The van der Waals surface area contributed by atoms with E-state index in [4.69, 9.17) is 0 Å². The van der Waals surface area contributed by atoms with Crippen LogP contribution >= 0.6 is 0 Å². The molecule has 0 aromatic rings. The molecule has 1 nitrogen and oxygen atoms in total. The maximum absolute atomic E-state index is 12.5. The maximum atomic E-state index is 12.5. The Morgan fingerprint density at radius 1 is 1.29 bits per heavy atom. The van der Waals surface area contributed by atoms with E-state index in [-0.39, 0.29) is 17.9 Å². The summed E-state index contributed by atoms with van der Waals surface area (Å²) in [6.45, 7) is 7.64. The number of halogens is 3. The lowest BCUT2D eigenvalue weighted by atomic mass is 10.0. The first-order valence-electron chi connectivity index (χ1n) is 4.88. The van der Waals surface area contributed by atoms with Gasteiger partial charge in [0.15, 0.2) is 0 Å². The molecule has 84 valence electrons. The SMILES string of the molecule is CC(C)(C)NCC1CC1(C)C(F)(F)F. The third-order valence-electron chi connectivity index (χ3n) is 2.94. The average Bonchev–Trinajstić information content (AvgIpc) is 2.56. The van der Waals surface area contributed by atoms with Gasteiger partial charge in [0.25, 0.3) is 0 Å². The summed E-state index contributed by atoms with van der Waals surface area (Å²) in [5, 5.41) is 3.11. The molecule has 0 aromatic carbocycles. The van der Waals surface area contributed by atoms with E-state index in [0.717, 1.165) is 0 Å². The Morgan fingerprint density at radius 3 is 2.07 bits per heavy atom. The van der Waals surface area contributed by atoms with Crippen molar-refractivity contribution in [3.05, 3.63) is 0 Å². The fraction of sp³-hybridized carbons (Fsp3) is 1.00. The van der Waals surface area contributed by atoms with Gasteiger partial charge in [0.05, 0.1) is 5.41 Å². The minimum absolute atomic E-state index is 0.102. The Labute approximate surface area is 83.1 Å². The van der Waals surface area contributed by atoms with Crippen molar-refractivity contribution in [2.45, 2.75) is 45.8 Å². The van der Waals surface area contributed by atoms with Crippen molar-refractivity contribution < 1.29 is 13.2 Å². The van der Waals surface area contributed by atoms with Crippen molar-refractivity contribution in [1.82, 2.24) is 5.32 Å². The van der Waals surface area contributed by atoms with Gasteiger partial charge in [0.2, 0.25) is 0 Å². The Morgan fingerprint density at radius 2 is 1.79 bits per heavy atom. The molecule has 2 atom stereocenters. The highest BCUT2D eigenvalue weighted by molar-refractivity contribution is 5.05. The molecule has 1 N–H and O–H groups in total. The molecule has 1 saturated carbocycles. The van der Waals surface area contributed by atoms with E-state index in [0.29, 0.717) is 6.54 Å². The minimum atomic E-state index is -4.04. The van der Waals surface area contributed by atoms with Crippen LogP contribution in [0.5, 0.6) is 0 Å². The average molecular weight is 209 g/mol. The summed E-state index contributed by atoms with van der Waals surface area (Å²) in [6.07, 6.45) is -3.78. The molecule has 0 spiro atoms. The number of hydrogen-bond acceptors (Lipinski definition) is 1. The fourth-order valence-electron chi connectivity index (χ4n) is 1.53. The van der Waals surface area contributed by atoms with E-state index in [2.05, 4.69) is 5.32 Å². The third kappa shape index (κ3) is 2.41. The predicted molar refractivity (Wildman–Crippen MR) is 50.0 cm³/mol. The summed E-state index contributed by atoms with van der Waals surface area (Å²) in [5.74, 6) is -0.248. The standard InChI is InChI=1S/C10H18F3N/c1-8(2,3)14-6-7-5-9(7,4)10(11,12)13/h7,14H,5-6H2,1-4H3. The number of nitrogens with one attached hydrogen (secondary N) is 1. The molecular formula is C10H18F3N. The lowest BCUT2D eigenvalue weighted by Gasteiger charge is -2.22. The summed E-state index contributed by atoms with van der Waals surface area (Å²) in [7, 11) is 0. The number of hydrogen-bond donors (Lipinski definition) is 1. The van der Waals surface area contributed by atoms with E-state index >= 15 is 0 Å². The molecule has 0 saturated heterocycles. The van der Waals surface area contributed by atoms with Gasteiger partial charge in [-0.25, -0.2) is 0 Å². The molecule has 0 radical (unpaired) electrons. The fourth-order valence-corrected chi connectivity index (χ4v) is 1.53. The molecule has 0 aromatic heterocycles. The van der Waals surface area contributed by atoms with Crippen molar-refractivity contribution in [2.75, 3.05) is 6.54 Å². The zero-order chi connectivity index (χ0) is 11.2. The Balaban J connectivity index is 2.40. The van der Waals surface area contributed by atoms with Crippen LogP contribution in [0.15, 0.2) is 0 Å². The van der Waals surface area contributed by atoms with Crippen LogP contribution in [0, 0.1) is 11.3 Å². The van der Waals surface area contributed by atoms with E-state index in [1.807, 2.05) is 20.8 Å². The van der Waals surface area contributed by atoms with Crippen LogP contribution in [-0.4, -0.2) is 18.3 Å². The molecule has 1 fully saturated rings. The zero-order valence-corrected chi connectivity index (χ0v) is 9.13. The smallest absolute Gasteiger partial charge is 0.312 e. The molecule has 0 amide bonds. The minimum Gasteiger partial charge on any atom is -0.312 e. The third-order valence-corrected chi connectivity index (χ3v) is 2.94. The van der Waals surface area contributed by atoms with Crippen molar-refractivity contribution in [3.63, 3.8) is 0 Å². The van der Waals surface area contributed by atoms with Gasteiger partial charge in [0.1, 0.15) is 0 Å². The second-order valence-corrected chi connectivity index (χ2v) is 5.45. The van der Waals surface area contributed by atoms with Gasteiger partial charge in [-0.2, -0.15) is 13.2 Å². The highest BCUT2D eigenvalue weighted by atomic mass is 19.4. The largest absolute Gasteiger partial charge is 0.394 e. The molecule has 0 bridgehead atoms. The highest BCUT2D eigenvalue weighted by Crippen LogP contribution is 2.61. The van der Waals surface area contributed by atoms with Gasteiger partial charge in [-0.05, 0) is 39.7 Å². The van der Waals surface area contributed by atoms with Crippen LogP contribution in [-0.2, 0) is 0 Å². The lowest BCUT2D eigenvalue weighted by molar-refractivity contribution is -0.186. The first-order chi connectivity index (χ1) is 6.06. The van der Waals surface area contributed by atoms with Crippen molar-refractivity contribution in [1.29, 1.82) is 0 Å². The van der Waals surface area contributed by atoms with Gasteiger partial charge >= 0.3 is 6.18 Å². The van der Waals surface area contributed by atoms with Gasteiger partial charge in [0, 0.05) is 5.54 Å². The molecule has 14 heavy (non-hydrogen) atoms. The highest BCUT2D eigenvalue weighted by Gasteiger charge is 2.66. The summed E-state index contributed by atoms with van der Waals surface area (Å²) >= 11 is 0. The van der Waals surface area contributed by atoms with Gasteiger partial charge in [-0.3, -0.25) is 0 Å². The number of alkyl halides is 3. The molecule has 4 heteroatoms. The molecule has 1 aliphatic carbocycles. The lowest BCUT2D eigenvalue weighted by Crippen LogP contribution is -2.38. The molecule has 1 aliphatic rings. The first-order valence-corrected chi connectivity index (χ1v) is 4.88. The van der Waals surface area contributed by atoms with E-state index in [9.17, 15) is 13.2 Å². The van der Waals surface area contributed by atoms with Gasteiger partial charge in [-0.1, -0.05) is 6.92 Å². The van der Waals surface area contributed by atoms with Crippen LogP contribution in [0.25, 0.3) is 0 Å². The number of rotatable bonds is 2. The maximum Gasteiger partial charge on any atom is 0.394 e. The molecular weight excluding hydrogens is 191 g/mol. The van der Waals surface area contributed by atoms with Crippen LogP contribution in [0.3, 0.4) is 0 Å². The summed E-state index contributed by atoms with van der Waals surface area (Å²) < 4.78 is 37.4. The van der Waals surface area contributed by atoms with Crippen LogP contribution in [0.2, 0.25) is 0 Å². The summed E-state index contributed by atoms with van der Waals surface area (Å²) in [6, 6.07) is 0. The summed E-state index contributed by atoms with van der Waals surface area (Å²) in [5.41, 5.74) is -1.54. The molecule has 2 unspecified atom stereocenters. The summed E-state index contributed by atoms with van der Waals surface area (Å²) in [4.78, 5) is 0. The van der Waals surface area contributed by atoms with Gasteiger partial charge in [-0.15, -0.1) is 0 Å². The molecule has 0 heterocycles. The van der Waals surface area contributed by atoms with Crippen LogP contribution in [0.1, 0.15) is 34.1 Å². The zero-order valence-electron chi connectivity index (χ0n) is 9.13. The van der Waals surface area contributed by atoms with Crippen molar-refractivity contribution >= 4 is 0 Å². The molecule has 0 aliphatic heterocycles. The quantitative estimate of drug-likeness (QED) is 0.737. The van der Waals surface area contributed by atoms with E-state index in [1.165, 1.54) is 6.92 Å². The second-order valence-electron chi connectivity index (χ2n) is 5.45. The monoisotopic (exact) mass is 209 g/mol. The van der Waals surface area contributed by atoms with Crippen molar-refractivity contribution in [2.24, 2.45) is 11.3 Å². The van der Waals surface area contributed by atoms with Gasteiger partial charge < -0.3 is 5.32 Å². The molecule has 1 rings (SSSR count). The topological polar surface area (TPSA) is 12.0 Å². The Hall–Kier alpha value is -0.250. The predicted octanol–water partition coefficient (Wildman–Crippen LogP) is 2.96.